The first-order chi connectivity index (χ1) is 13.4. The maximum absolute atomic E-state index is 12.1. The smallest absolute Gasteiger partial charge is 0.360 e. The Hall–Kier alpha value is -2.38. The molecule has 0 atom stereocenters. The first-order valence-electron chi connectivity index (χ1n) is 8.30. The highest BCUT2D eigenvalue weighted by Crippen LogP contribution is 2.26. The lowest BCUT2D eigenvalue weighted by atomic mass is 9.99. The van der Waals surface area contributed by atoms with Crippen molar-refractivity contribution in [3.8, 4) is 0 Å². The number of esters is 1. The summed E-state index contributed by atoms with van der Waals surface area (Å²) >= 11 is 9.72. The van der Waals surface area contributed by atoms with Crippen LogP contribution in [0.4, 0.5) is 0 Å². The van der Waals surface area contributed by atoms with E-state index in [1.54, 1.807) is 19.1 Å². The molecule has 0 saturated heterocycles. The molecule has 8 heteroatoms. The van der Waals surface area contributed by atoms with Gasteiger partial charge in [0.2, 0.25) is 0 Å². The van der Waals surface area contributed by atoms with Gasteiger partial charge in [-0.15, -0.1) is 0 Å². The van der Waals surface area contributed by atoms with Crippen LogP contribution in [0.15, 0.2) is 51.2 Å². The van der Waals surface area contributed by atoms with Gasteiger partial charge in [0, 0.05) is 21.2 Å². The molecule has 2 rings (SSSR count). The van der Waals surface area contributed by atoms with Crippen molar-refractivity contribution in [3.63, 3.8) is 0 Å². The van der Waals surface area contributed by atoms with E-state index in [9.17, 15) is 4.79 Å². The number of aryl methyl sites for hydroxylation is 1. The molecule has 0 saturated carbocycles. The summed E-state index contributed by atoms with van der Waals surface area (Å²) in [5.41, 5.74) is 3.65. The van der Waals surface area contributed by atoms with Crippen LogP contribution in [0, 0.1) is 6.92 Å². The second-order valence-electron chi connectivity index (χ2n) is 5.76. The van der Waals surface area contributed by atoms with Crippen molar-refractivity contribution in [1.82, 2.24) is 0 Å². The molecule has 0 aliphatic carbocycles. The van der Waals surface area contributed by atoms with Gasteiger partial charge in [-0.1, -0.05) is 62.1 Å². The van der Waals surface area contributed by atoms with Crippen LogP contribution in [0.25, 0.3) is 0 Å². The summed E-state index contributed by atoms with van der Waals surface area (Å²) < 4.78 is 5.62. The van der Waals surface area contributed by atoms with Crippen LogP contribution in [-0.4, -0.2) is 31.6 Å². The predicted molar refractivity (Wildman–Crippen MR) is 113 cm³/mol. The molecule has 148 valence electrons. The van der Waals surface area contributed by atoms with Crippen molar-refractivity contribution < 1.29 is 19.2 Å². The SMILES string of the molecule is CO/N=C(/C(=O)OC)c1cccc(C)c1CO/N=C(\C)c1c(Cl)cccc1Br. The molecule has 2 aromatic rings. The Bertz CT molecular complexity index is 908. The summed E-state index contributed by atoms with van der Waals surface area (Å²) in [6.45, 7) is 3.84. The van der Waals surface area contributed by atoms with E-state index in [-0.39, 0.29) is 12.3 Å². The first kappa shape index (κ1) is 21.9. The van der Waals surface area contributed by atoms with Crippen molar-refractivity contribution in [2.75, 3.05) is 14.2 Å². The van der Waals surface area contributed by atoms with Crippen LogP contribution >= 0.6 is 27.5 Å². The van der Waals surface area contributed by atoms with Crippen LogP contribution in [0.2, 0.25) is 5.02 Å². The number of carbonyl (C=O) groups is 1. The number of ether oxygens (including phenoxy) is 1. The average molecular weight is 468 g/mol. The molecule has 0 unspecified atom stereocenters. The average Bonchev–Trinajstić information content (AvgIpc) is 2.66. The third-order valence-electron chi connectivity index (χ3n) is 3.96. The van der Waals surface area contributed by atoms with E-state index in [1.807, 2.05) is 31.2 Å². The Kier molecular flexibility index (Phi) is 8.02. The van der Waals surface area contributed by atoms with Gasteiger partial charge in [-0.05, 0) is 31.5 Å². The number of nitrogens with zero attached hydrogens (tertiary/aromatic N) is 2. The van der Waals surface area contributed by atoms with Crippen LogP contribution < -0.4 is 0 Å². The quantitative estimate of drug-likeness (QED) is 0.331. The maximum atomic E-state index is 12.1. The molecule has 0 amide bonds. The zero-order chi connectivity index (χ0) is 20.7. The van der Waals surface area contributed by atoms with Gasteiger partial charge < -0.3 is 14.4 Å². The fraction of sp³-hybridized carbons (Fsp3) is 0.250. The van der Waals surface area contributed by atoms with E-state index in [1.165, 1.54) is 14.2 Å². The van der Waals surface area contributed by atoms with Crippen molar-refractivity contribution in [1.29, 1.82) is 0 Å². The normalized spacial score (nSPS) is 11.9. The van der Waals surface area contributed by atoms with Gasteiger partial charge >= 0.3 is 5.97 Å². The first-order valence-corrected chi connectivity index (χ1v) is 9.47. The summed E-state index contributed by atoms with van der Waals surface area (Å²) in [6, 6.07) is 11.0. The standard InChI is InChI=1S/C20H20BrClN2O4/c1-12-7-5-8-14(19(24-27-4)20(25)26-3)15(12)11-28-23-13(2)18-16(21)9-6-10-17(18)22/h5-10H,11H2,1-4H3/b23-13+,24-19+. The zero-order valence-corrected chi connectivity index (χ0v) is 18.3. The number of hydrogen-bond acceptors (Lipinski definition) is 6. The third kappa shape index (κ3) is 5.11. The Labute approximate surface area is 177 Å². The number of carbonyl (C=O) groups excluding carboxylic acids is 1. The number of hydrogen-bond donors (Lipinski definition) is 0. The second kappa shape index (κ2) is 10.2. The monoisotopic (exact) mass is 466 g/mol. The van der Waals surface area contributed by atoms with E-state index in [2.05, 4.69) is 26.2 Å². The topological polar surface area (TPSA) is 69.5 Å². The summed E-state index contributed by atoms with van der Waals surface area (Å²) in [7, 11) is 2.65. The highest BCUT2D eigenvalue weighted by Gasteiger charge is 2.20. The highest BCUT2D eigenvalue weighted by atomic mass is 79.9. The predicted octanol–water partition coefficient (Wildman–Crippen LogP) is 4.88. The Morgan fingerprint density at radius 3 is 2.50 bits per heavy atom. The molecular weight excluding hydrogens is 448 g/mol. The molecule has 28 heavy (non-hydrogen) atoms. The minimum atomic E-state index is -0.603. The van der Waals surface area contributed by atoms with Crippen LogP contribution in [-0.2, 0) is 25.8 Å². The van der Waals surface area contributed by atoms with Crippen LogP contribution in [0.5, 0.6) is 0 Å². The summed E-state index contributed by atoms with van der Waals surface area (Å²) in [5, 5.41) is 8.55. The molecule has 0 aliphatic rings. The molecule has 0 N–H and O–H groups in total. The number of methoxy groups -OCH3 is 1. The van der Waals surface area contributed by atoms with Crippen molar-refractivity contribution >= 4 is 44.9 Å². The van der Waals surface area contributed by atoms with Crippen molar-refractivity contribution in [3.05, 3.63) is 68.1 Å². The van der Waals surface area contributed by atoms with Crippen molar-refractivity contribution in [2.45, 2.75) is 20.5 Å². The van der Waals surface area contributed by atoms with Gasteiger partial charge in [0.15, 0.2) is 5.71 Å². The summed E-state index contributed by atoms with van der Waals surface area (Å²) in [5.74, 6) is -0.603. The van der Waals surface area contributed by atoms with Crippen molar-refractivity contribution in [2.24, 2.45) is 10.3 Å². The third-order valence-corrected chi connectivity index (χ3v) is 4.94. The van der Waals surface area contributed by atoms with Crippen LogP contribution in [0.3, 0.4) is 0 Å². The van der Waals surface area contributed by atoms with Gasteiger partial charge in [0.1, 0.15) is 13.7 Å². The molecule has 0 aromatic heterocycles. The van der Waals surface area contributed by atoms with Gasteiger partial charge in [-0.25, -0.2) is 4.79 Å². The van der Waals surface area contributed by atoms with Gasteiger partial charge in [0.25, 0.3) is 0 Å². The Balaban J connectivity index is 2.32. The molecule has 2 aromatic carbocycles. The molecular formula is C20H20BrClN2O4. The van der Waals surface area contributed by atoms with E-state index >= 15 is 0 Å². The summed E-state index contributed by atoms with van der Waals surface area (Å²) in [4.78, 5) is 22.5. The Morgan fingerprint density at radius 2 is 1.86 bits per heavy atom. The fourth-order valence-corrected chi connectivity index (χ4v) is 3.66. The number of rotatable bonds is 7. The van der Waals surface area contributed by atoms with Gasteiger partial charge in [-0.3, -0.25) is 0 Å². The van der Waals surface area contributed by atoms with Gasteiger partial charge in [0.05, 0.1) is 17.8 Å². The van der Waals surface area contributed by atoms with Gasteiger partial charge in [-0.2, -0.15) is 0 Å². The maximum Gasteiger partial charge on any atom is 0.360 e. The van der Waals surface area contributed by atoms with E-state index in [0.29, 0.717) is 16.3 Å². The van der Waals surface area contributed by atoms with E-state index in [0.717, 1.165) is 21.2 Å². The molecule has 0 spiro atoms. The lowest BCUT2D eigenvalue weighted by molar-refractivity contribution is -0.132. The minimum absolute atomic E-state index is 0.0573. The molecule has 0 heterocycles. The Morgan fingerprint density at radius 1 is 1.14 bits per heavy atom. The van der Waals surface area contributed by atoms with E-state index < -0.39 is 5.97 Å². The second-order valence-corrected chi connectivity index (χ2v) is 7.02. The molecule has 0 radical (unpaired) electrons. The lowest BCUT2D eigenvalue weighted by Crippen LogP contribution is -2.20. The zero-order valence-electron chi connectivity index (χ0n) is 16.0. The number of halogens is 2. The minimum Gasteiger partial charge on any atom is -0.464 e. The summed E-state index contributed by atoms with van der Waals surface area (Å²) in [6.07, 6.45) is 0. The molecule has 0 aliphatic heterocycles. The lowest BCUT2D eigenvalue weighted by Gasteiger charge is -2.13. The number of oxime groups is 2. The largest absolute Gasteiger partial charge is 0.464 e. The van der Waals surface area contributed by atoms with Crippen LogP contribution in [0.1, 0.15) is 29.2 Å². The molecule has 0 fully saturated rings. The number of benzene rings is 2. The highest BCUT2D eigenvalue weighted by molar-refractivity contribution is 9.10. The molecule has 6 nitrogen and oxygen atoms in total. The fourth-order valence-electron chi connectivity index (χ4n) is 2.58. The van der Waals surface area contributed by atoms with E-state index in [4.69, 9.17) is 26.0 Å². The molecule has 0 bridgehead atoms.